The van der Waals surface area contributed by atoms with Gasteiger partial charge in [-0.3, -0.25) is 4.79 Å². The third-order valence-corrected chi connectivity index (χ3v) is 4.71. The lowest BCUT2D eigenvalue weighted by molar-refractivity contribution is -0.145. The van der Waals surface area contributed by atoms with Crippen LogP contribution in [0.1, 0.15) is 19.4 Å². The van der Waals surface area contributed by atoms with Gasteiger partial charge in [0.05, 0.1) is 11.5 Å². The Balaban J connectivity index is 2.50. The summed E-state index contributed by atoms with van der Waals surface area (Å²) in [4.78, 5) is 11.7. The quantitative estimate of drug-likeness (QED) is 0.684. The molecule has 6 heteroatoms. The zero-order chi connectivity index (χ0) is 16.7. The summed E-state index contributed by atoms with van der Waals surface area (Å²) in [5, 5.41) is 18.1. The molecule has 1 saturated carbocycles. The number of rotatable bonds is 4. The maximum absolute atomic E-state index is 13.8. The monoisotopic (exact) mass is 309 g/mol. The Hall–Kier alpha value is -2.29. The minimum Gasteiger partial charge on any atom is -0.481 e. The highest BCUT2D eigenvalue weighted by Crippen LogP contribution is 2.71. The van der Waals surface area contributed by atoms with Crippen molar-refractivity contribution in [2.45, 2.75) is 20.3 Å². The Bertz CT molecular complexity index is 706. The fraction of sp³-hybridized carbons (Fsp3) is 0.375. The second-order valence-electron chi connectivity index (χ2n) is 5.96. The minimum atomic E-state index is -1.48. The molecule has 3 nitrogen and oxygen atoms in total. The smallest absolute Gasteiger partial charge is 0.311 e. The Morgan fingerprint density at radius 1 is 1.36 bits per heavy atom. The summed E-state index contributed by atoms with van der Waals surface area (Å²) in [5.74, 6) is -5.37. The van der Waals surface area contributed by atoms with E-state index < -0.39 is 52.2 Å². The summed E-state index contributed by atoms with van der Waals surface area (Å²) in [7, 11) is 0. The van der Waals surface area contributed by atoms with Crippen molar-refractivity contribution in [1.82, 2.24) is 0 Å². The topological polar surface area (TPSA) is 61.1 Å². The van der Waals surface area contributed by atoms with Gasteiger partial charge in [-0.05, 0) is 24.0 Å². The maximum atomic E-state index is 13.8. The maximum Gasteiger partial charge on any atom is 0.311 e. The van der Waals surface area contributed by atoms with Crippen LogP contribution in [0.3, 0.4) is 0 Å². The zero-order valence-corrected chi connectivity index (χ0v) is 12.0. The van der Waals surface area contributed by atoms with E-state index in [2.05, 4.69) is 0 Å². The molecule has 0 saturated heterocycles. The van der Waals surface area contributed by atoms with Gasteiger partial charge < -0.3 is 5.11 Å². The number of hydrogen-bond donors (Lipinski definition) is 1. The van der Waals surface area contributed by atoms with Crippen LogP contribution in [0.4, 0.5) is 13.2 Å². The first-order valence-corrected chi connectivity index (χ1v) is 6.62. The molecule has 1 aliphatic rings. The van der Waals surface area contributed by atoms with Crippen molar-refractivity contribution in [3.63, 3.8) is 0 Å². The Morgan fingerprint density at radius 3 is 2.50 bits per heavy atom. The molecule has 0 heterocycles. The van der Waals surface area contributed by atoms with Crippen LogP contribution in [-0.4, -0.2) is 11.1 Å². The Kier molecular flexibility index (Phi) is 3.78. The number of allylic oxidation sites excluding steroid dienone is 2. The van der Waals surface area contributed by atoms with E-state index in [1.54, 1.807) is 19.9 Å². The van der Waals surface area contributed by atoms with Crippen LogP contribution < -0.4 is 0 Å². The first-order chi connectivity index (χ1) is 10.2. The molecule has 0 bridgehead atoms. The predicted molar refractivity (Wildman–Crippen MR) is 72.1 cm³/mol. The number of carboxylic acids is 1. The van der Waals surface area contributed by atoms with E-state index in [0.29, 0.717) is 6.07 Å². The van der Waals surface area contributed by atoms with Gasteiger partial charge in [-0.15, -0.1) is 0 Å². The fourth-order valence-electron chi connectivity index (χ4n) is 3.27. The molecule has 0 radical (unpaired) electrons. The number of aliphatic carboxylic acids is 1. The van der Waals surface area contributed by atoms with Crippen LogP contribution >= 0.6 is 0 Å². The van der Waals surface area contributed by atoms with Gasteiger partial charge in [0.25, 0.3) is 0 Å². The number of carboxylic acid groups (broad SMARTS) is 1. The van der Waals surface area contributed by atoms with Gasteiger partial charge in [0.1, 0.15) is 5.82 Å². The first kappa shape index (κ1) is 16.1. The largest absolute Gasteiger partial charge is 0.481 e. The molecular formula is C16H14F3NO2. The van der Waals surface area contributed by atoms with Crippen molar-refractivity contribution in [3.8, 4) is 6.07 Å². The fourth-order valence-corrected chi connectivity index (χ4v) is 3.27. The summed E-state index contributed by atoms with van der Waals surface area (Å²) >= 11 is 0. The first-order valence-electron chi connectivity index (χ1n) is 6.62. The number of halogens is 3. The number of carbonyl (C=O) groups is 1. The molecule has 2 unspecified atom stereocenters. The molecule has 1 aromatic carbocycles. The van der Waals surface area contributed by atoms with E-state index in [-0.39, 0.29) is 0 Å². The summed E-state index contributed by atoms with van der Waals surface area (Å²) < 4.78 is 41.0. The third kappa shape index (κ3) is 2.08. The normalized spacial score (nSPS) is 25.9. The molecule has 0 amide bonds. The average molecular weight is 309 g/mol. The van der Waals surface area contributed by atoms with E-state index in [1.807, 2.05) is 0 Å². The highest BCUT2D eigenvalue weighted by atomic mass is 19.2. The van der Waals surface area contributed by atoms with E-state index >= 15 is 0 Å². The van der Waals surface area contributed by atoms with Crippen molar-refractivity contribution in [2.75, 3.05) is 0 Å². The van der Waals surface area contributed by atoms with Crippen LogP contribution in [0.5, 0.6) is 0 Å². The van der Waals surface area contributed by atoms with Gasteiger partial charge >= 0.3 is 5.97 Å². The minimum absolute atomic E-state index is 0.481. The van der Waals surface area contributed by atoms with Crippen molar-refractivity contribution in [2.24, 2.45) is 16.7 Å². The highest BCUT2D eigenvalue weighted by molar-refractivity contribution is 5.82. The van der Waals surface area contributed by atoms with E-state index in [0.717, 1.165) is 12.1 Å². The second-order valence-corrected chi connectivity index (χ2v) is 5.96. The lowest BCUT2D eigenvalue weighted by atomic mass is 9.88. The lowest BCUT2D eigenvalue weighted by Crippen LogP contribution is -2.25. The van der Waals surface area contributed by atoms with Crippen LogP contribution in [0.15, 0.2) is 24.3 Å². The van der Waals surface area contributed by atoms with Crippen molar-refractivity contribution >= 4 is 5.97 Å². The third-order valence-electron chi connectivity index (χ3n) is 4.71. The van der Waals surface area contributed by atoms with Crippen LogP contribution in [0.25, 0.3) is 0 Å². The summed E-state index contributed by atoms with van der Waals surface area (Å²) in [6.45, 7) is 3.28. The molecule has 0 spiro atoms. The average Bonchev–Trinajstić information content (AvgIpc) is 2.93. The molecule has 2 atom stereocenters. The SMILES string of the molecule is CC1(C)C(/C=C\C#N)C1(Cc1c(F)ccc(F)c1F)C(=O)O. The molecule has 1 fully saturated rings. The Labute approximate surface area is 125 Å². The number of hydrogen-bond acceptors (Lipinski definition) is 2. The van der Waals surface area contributed by atoms with Crippen LogP contribution in [0.2, 0.25) is 0 Å². The molecule has 116 valence electrons. The number of nitrogens with zero attached hydrogens (tertiary/aromatic N) is 1. The predicted octanol–water partition coefficient (Wildman–Crippen LogP) is 3.45. The summed E-state index contributed by atoms with van der Waals surface area (Å²) in [5.41, 5.74) is -2.86. The van der Waals surface area contributed by atoms with Gasteiger partial charge in [0.2, 0.25) is 0 Å². The van der Waals surface area contributed by atoms with E-state index in [4.69, 9.17) is 5.26 Å². The second kappa shape index (κ2) is 5.16. The van der Waals surface area contributed by atoms with Crippen LogP contribution in [-0.2, 0) is 11.2 Å². The number of benzene rings is 1. The molecule has 0 aromatic heterocycles. The molecule has 1 aromatic rings. The van der Waals surface area contributed by atoms with Gasteiger partial charge in [-0.25, -0.2) is 13.2 Å². The lowest BCUT2D eigenvalue weighted by Gasteiger charge is -2.16. The molecule has 0 aliphatic heterocycles. The van der Waals surface area contributed by atoms with Gasteiger partial charge in [-0.2, -0.15) is 5.26 Å². The van der Waals surface area contributed by atoms with Crippen LogP contribution in [0, 0.1) is 45.5 Å². The molecule has 22 heavy (non-hydrogen) atoms. The molecular weight excluding hydrogens is 295 g/mol. The molecule has 2 rings (SSSR count). The van der Waals surface area contributed by atoms with Gasteiger partial charge in [-0.1, -0.05) is 19.9 Å². The van der Waals surface area contributed by atoms with E-state index in [9.17, 15) is 23.1 Å². The molecule has 1 aliphatic carbocycles. The molecule has 1 N–H and O–H groups in total. The summed E-state index contributed by atoms with van der Waals surface area (Å²) in [6.07, 6.45) is 2.09. The van der Waals surface area contributed by atoms with E-state index in [1.165, 1.54) is 6.08 Å². The highest BCUT2D eigenvalue weighted by Gasteiger charge is 2.74. The van der Waals surface area contributed by atoms with Gasteiger partial charge in [0.15, 0.2) is 11.6 Å². The van der Waals surface area contributed by atoms with Crippen molar-refractivity contribution in [1.29, 1.82) is 5.26 Å². The standard InChI is InChI=1S/C16H14F3NO2/c1-15(2)12(4-3-7-20)16(15,14(21)22)8-9-10(17)5-6-11(18)13(9)19/h3-6,12H,8H2,1-2H3,(H,21,22)/b4-3-. The zero-order valence-electron chi connectivity index (χ0n) is 12.0. The van der Waals surface area contributed by atoms with Gasteiger partial charge in [0, 0.05) is 17.6 Å². The van der Waals surface area contributed by atoms with Crippen molar-refractivity contribution < 1.29 is 23.1 Å². The Morgan fingerprint density at radius 2 is 1.95 bits per heavy atom. The number of nitriles is 1. The van der Waals surface area contributed by atoms with Crippen molar-refractivity contribution in [3.05, 3.63) is 47.3 Å². The summed E-state index contributed by atoms with van der Waals surface area (Å²) in [6, 6.07) is 3.20.